The predicted octanol–water partition coefficient (Wildman–Crippen LogP) is 5.07. The lowest BCUT2D eigenvalue weighted by Crippen LogP contribution is -2.44. The summed E-state index contributed by atoms with van der Waals surface area (Å²) < 4.78 is 19.2. The summed E-state index contributed by atoms with van der Waals surface area (Å²) in [7, 11) is 0. The van der Waals surface area contributed by atoms with Gasteiger partial charge in [-0.05, 0) is 87.0 Å². The first-order valence-electron chi connectivity index (χ1n) is 8.84. The van der Waals surface area contributed by atoms with Crippen molar-refractivity contribution < 1.29 is 13.9 Å². The van der Waals surface area contributed by atoms with Gasteiger partial charge < -0.3 is 15.4 Å². The van der Waals surface area contributed by atoms with Crippen LogP contribution in [0.4, 0.5) is 9.18 Å². The number of alkyl carbamates (subject to hydrolysis) is 1. The van der Waals surface area contributed by atoms with Crippen molar-refractivity contribution >= 4 is 22.0 Å². The van der Waals surface area contributed by atoms with Crippen molar-refractivity contribution in [3.63, 3.8) is 0 Å². The zero-order chi connectivity index (χ0) is 18.6. The Balaban J connectivity index is 1.78. The number of hydrogen-bond donors (Lipinski definition) is 2. The van der Waals surface area contributed by atoms with Gasteiger partial charge in [0.15, 0.2) is 0 Å². The number of rotatable bonds is 4. The molecule has 0 spiro atoms. The smallest absolute Gasteiger partial charge is 0.407 e. The standard InChI is InChI=1S/C19H28BrFN2O2/c1-12(13-5-10-17(21)16(20)11-13)22-14-6-8-15(9-7-14)23-18(24)25-19(2,3)4/h5,10-12,14-15,22H,6-9H2,1-4H3,(H,23,24). The van der Waals surface area contributed by atoms with E-state index in [1.54, 1.807) is 0 Å². The summed E-state index contributed by atoms with van der Waals surface area (Å²) >= 11 is 3.24. The van der Waals surface area contributed by atoms with E-state index in [9.17, 15) is 9.18 Å². The van der Waals surface area contributed by atoms with E-state index in [4.69, 9.17) is 4.74 Å². The van der Waals surface area contributed by atoms with Crippen LogP contribution in [0.2, 0.25) is 0 Å². The van der Waals surface area contributed by atoms with Gasteiger partial charge in [-0.1, -0.05) is 6.07 Å². The molecule has 0 bridgehead atoms. The van der Waals surface area contributed by atoms with Crippen LogP contribution in [-0.4, -0.2) is 23.8 Å². The molecule has 1 aliphatic carbocycles. The normalized spacial score (nSPS) is 22.3. The highest BCUT2D eigenvalue weighted by Gasteiger charge is 2.25. The highest BCUT2D eigenvalue weighted by atomic mass is 79.9. The fraction of sp³-hybridized carbons (Fsp3) is 0.632. The number of carbonyl (C=O) groups excluding carboxylic acids is 1. The van der Waals surface area contributed by atoms with Crippen LogP contribution in [0, 0.1) is 5.82 Å². The third kappa shape index (κ3) is 6.59. The van der Waals surface area contributed by atoms with Gasteiger partial charge in [0, 0.05) is 18.1 Å². The molecule has 25 heavy (non-hydrogen) atoms. The van der Waals surface area contributed by atoms with Gasteiger partial charge in [-0.25, -0.2) is 9.18 Å². The molecule has 140 valence electrons. The van der Waals surface area contributed by atoms with Gasteiger partial charge in [0.05, 0.1) is 4.47 Å². The molecule has 0 saturated heterocycles. The van der Waals surface area contributed by atoms with Crippen molar-refractivity contribution in [3.05, 3.63) is 34.1 Å². The van der Waals surface area contributed by atoms with E-state index in [2.05, 4.69) is 33.5 Å². The van der Waals surface area contributed by atoms with E-state index in [0.29, 0.717) is 10.5 Å². The van der Waals surface area contributed by atoms with Crippen molar-refractivity contribution in [1.29, 1.82) is 0 Å². The van der Waals surface area contributed by atoms with Gasteiger partial charge in [-0.15, -0.1) is 0 Å². The summed E-state index contributed by atoms with van der Waals surface area (Å²) in [4.78, 5) is 11.8. The van der Waals surface area contributed by atoms with E-state index in [-0.39, 0.29) is 24.0 Å². The third-order valence-electron chi connectivity index (χ3n) is 4.38. The van der Waals surface area contributed by atoms with Crippen LogP contribution in [0.25, 0.3) is 0 Å². The SMILES string of the molecule is CC(NC1CCC(NC(=O)OC(C)(C)C)CC1)c1ccc(F)c(Br)c1. The van der Waals surface area contributed by atoms with Crippen LogP contribution in [0.5, 0.6) is 0 Å². The molecule has 1 aliphatic rings. The Labute approximate surface area is 158 Å². The molecule has 2 N–H and O–H groups in total. The van der Waals surface area contributed by atoms with Crippen LogP contribution in [0.15, 0.2) is 22.7 Å². The molecule has 1 aromatic carbocycles. The Kier molecular flexibility index (Phi) is 6.86. The summed E-state index contributed by atoms with van der Waals surface area (Å²) in [6.45, 7) is 7.68. The minimum absolute atomic E-state index is 0.150. The molecule has 4 nitrogen and oxygen atoms in total. The number of hydrogen-bond acceptors (Lipinski definition) is 3. The van der Waals surface area contributed by atoms with Crippen molar-refractivity contribution in [1.82, 2.24) is 10.6 Å². The first-order chi connectivity index (χ1) is 11.6. The Hall–Kier alpha value is -1.14. The van der Waals surface area contributed by atoms with Gasteiger partial charge in [0.25, 0.3) is 0 Å². The van der Waals surface area contributed by atoms with Crippen molar-refractivity contribution in [2.45, 2.75) is 77.1 Å². The molecule has 0 heterocycles. The lowest BCUT2D eigenvalue weighted by atomic mass is 9.90. The van der Waals surface area contributed by atoms with Crippen LogP contribution in [0.3, 0.4) is 0 Å². The van der Waals surface area contributed by atoms with E-state index >= 15 is 0 Å². The van der Waals surface area contributed by atoms with Gasteiger partial charge in [-0.3, -0.25) is 0 Å². The Bertz CT molecular complexity index is 596. The topological polar surface area (TPSA) is 50.4 Å². The monoisotopic (exact) mass is 414 g/mol. The number of carbonyl (C=O) groups is 1. The molecule has 1 atom stereocenters. The molecule has 6 heteroatoms. The lowest BCUT2D eigenvalue weighted by molar-refractivity contribution is 0.0489. The van der Waals surface area contributed by atoms with Crippen LogP contribution < -0.4 is 10.6 Å². The first-order valence-corrected chi connectivity index (χ1v) is 9.64. The zero-order valence-corrected chi connectivity index (χ0v) is 17.0. The maximum Gasteiger partial charge on any atom is 0.407 e. The number of halogens is 2. The largest absolute Gasteiger partial charge is 0.444 e. The summed E-state index contributed by atoms with van der Waals surface area (Å²) in [5, 5.41) is 6.56. The molecule has 0 aromatic heterocycles. The molecule has 2 rings (SSSR count). The minimum Gasteiger partial charge on any atom is -0.444 e. The van der Waals surface area contributed by atoms with Gasteiger partial charge in [0.1, 0.15) is 11.4 Å². The Morgan fingerprint density at radius 1 is 1.24 bits per heavy atom. The first kappa shape index (κ1) is 20.2. The summed E-state index contributed by atoms with van der Waals surface area (Å²) in [5.74, 6) is -0.246. The average molecular weight is 415 g/mol. The highest BCUT2D eigenvalue weighted by Crippen LogP contribution is 2.25. The van der Waals surface area contributed by atoms with Crippen LogP contribution in [0.1, 0.15) is 65.0 Å². The fourth-order valence-corrected chi connectivity index (χ4v) is 3.51. The van der Waals surface area contributed by atoms with Crippen LogP contribution >= 0.6 is 15.9 Å². The molecule has 1 fully saturated rings. The number of ether oxygens (including phenoxy) is 1. The quantitative estimate of drug-likeness (QED) is 0.722. The van der Waals surface area contributed by atoms with Crippen molar-refractivity contribution in [3.8, 4) is 0 Å². The summed E-state index contributed by atoms with van der Waals surface area (Å²) in [6.07, 6.45) is 3.50. The molecular formula is C19H28BrFN2O2. The maximum atomic E-state index is 13.4. The summed E-state index contributed by atoms with van der Waals surface area (Å²) in [6, 6.07) is 5.84. The average Bonchev–Trinajstić information content (AvgIpc) is 2.50. The van der Waals surface area contributed by atoms with E-state index in [1.807, 2.05) is 32.9 Å². The molecule has 0 aliphatic heterocycles. The third-order valence-corrected chi connectivity index (χ3v) is 4.99. The Morgan fingerprint density at radius 2 is 1.84 bits per heavy atom. The van der Waals surface area contributed by atoms with Gasteiger partial charge in [-0.2, -0.15) is 0 Å². The number of amides is 1. The number of benzene rings is 1. The van der Waals surface area contributed by atoms with E-state index in [1.165, 1.54) is 6.07 Å². The van der Waals surface area contributed by atoms with E-state index in [0.717, 1.165) is 31.2 Å². The Morgan fingerprint density at radius 3 is 2.40 bits per heavy atom. The molecular weight excluding hydrogens is 387 g/mol. The lowest BCUT2D eigenvalue weighted by Gasteiger charge is -2.32. The second-order valence-electron chi connectivity index (χ2n) is 7.76. The van der Waals surface area contributed by atoms with Crippen molar-refractivity contribution in [2.24, 2.45) is 0 Å². The highest BCUT2D eigenvalue weighted by molar-refractivity contribution is 9.10. The molecule has 1 unspecified atom stereocenters. The molecule has 1 saturated carbocycles. The van der Waals surface area contributed by atoms with Crippen LogP contribution in [-0.2, 0) is 4.74 Å². The fourth-order valence-electron chi connectivity index (χ4n) is 3.11. The molecule has 1 amide bonds. The van der Waals surface area contributed by atoms with E-state index < -0.39 is 5.60 Å². The van der Waals surface area contributed by atoms with Gasteiger partial charge in [0.2, 0.25) is 0 Å². The minimum atomic E-state index is -0.471. The zero-order valence-electron chi connectivity index (χ0n) is 15.4. The molecule has 1 aromatic rings. The summed E-state index contributed by atoms with van der Waals surface area (Å²) in [5.41, 5.74) is 0.587. The maximum absolute atomic E-state index is 13.4. The van der Waals surface area contributed by atoms with Crippen molar-refractivity contribution in [2.75, 3.05) is 0 Å². The van der Waals surface area contributed by atoms with Gasteiger partial charge >= 0.3 is 6.09 Å². The predicted molar refractivity (Wildman–Crippen MR) is 101 cm³/mol. The second kappa shape index (κ2) is 8.49. The molecule has 0 radical (unpaired) electrons. The number of nitrogens with one attached hydrogen (secondary N) is 2. The second-order valence-corrected chi connectivity index (χ2v) is 8.61.